The largest absolute Gasteiger partial charge is 0.493 e. The van der Waals surface area contributed by atoms with Crippen molar-refractivity contribution in [3.63, 3.8) is 0 Å². The summed E-state index contributed by atoms with van der Waals surface area (Å²) in [7, 11) is -2.47. The SMILES string of the molecule is COc1cc(/C=N\NC(=O)CN(c2ccc(C)cc2C)S(=O)(=O)c2ccccc2)ccc1OCc1ccccc1. The lowest BCUT2D eigenvalue weighted by Gasteiger charge is -2.25. The Bertz CT molecular complexity index is 1590. The lowest BCUT2D eigenvalue weighted by molar-refractivity contribution is -0.119. The van der Waals surface area contributed by atoms with Crippen LogP contribution >= 0.6 is 0 Å². The van der Waals surface area contributed by atoms with Crippen molar-refractivity contribution in [1.82, 2.24) is 5.43 Å². The van der Waals surface area contributed by atoms with Crippen LogP contribution in [0.1, 0.15) is 22.3 Å². The fourth-order valence-corrected chi connectivity index (χ4v) is 5.57. The van der Waals surface area contributed by atoms with E-state index in [9.17, 15) is 13.2 Å². The van der Waals surface area contributed by atoms with Crippen LogP contribution < -0.4 is 19.2 Å². The summed E-state index contributed by atoms with van der Waals surface area (Å²) in [6, 6.07) is 28.5. The summed E-state index contributed by atoms with van der Waals surface area (Å²) >= 11 is 0. The van der Waals surface area contributed by atoms with Gasteiger partial charge in [-0.25, -0.2) is 13.8 Å². The fraction of sp³-hybridized carbons (Fsp3) is 0.161. The van der Waals surface area contributed by atoms with E-state index in [1.807, 2.05) is 56.3 Å². The highest BCUT2D eigenvalue weighted by Gasteiger charge is 2.28. The molecule has 9 heteroatoms. The van der Waals surface area contributed by atoms with Crippen LogP contribution in [0.25, 0.3) is 0 Å². The Labute approximate surface area is 234 Å². The molecule has 0 spiro atoms. The number of sulfonamides is 1. The quantitative estimate of drug-likeness (QED) is 0.201. The van der Waals surface area contributed by atoms with Crippen LogP contribution in [0.4, 0.5) is 5.69 Å². The third-order valence-electron chi connectivity index (χ3n) is 6.07. The Morgan fingerprint density at radius 2 is 1.60 bits per heavy atom. The van der Waals surface area contributed by atoms with Gasteiger partial charge in [0.25, 0.3) is 15.9 Å². The normalized spacial score (nSPS) is 11.3. The number of hydrogen-bond donors (Lipinski definition) is 1. The van der Waals surface area contributed by atoms with Crippen LogP contribution in [0.3, 0.4) is 0 Å². The maximum atomic E-state index is 13.5. The molecular weight excluding hydrogens is 526 g/mol. The Hall–Kier alpha value is -4.63. The molecule has 0 atom stereocenters. The molecule has 0 bridgehead atoms. The van der Waals surface area contributed by atoms with Gasteiger partial charge in [-0.15, -0.1) is 0 Å². The molecule has 0 aliphatic rings. The molecule has 0 aliphatic carbocycles. The predicted octanol–water partition coefficient (Wildman–Crippen LogP) is 5.24. The molecule has 1 N–H and O–H groups in total. The molecule has 1 amide bonds. The number of anilines is 1. The van der Waals surface area contributed by atoms with Crippen molar-refractivity contribution in [3.8, 4) is 11.5 Å². The number of rotatable bonds is 11. The molecule has 4 aromatic rings. The van der Waals surface area contributed by atoms with Crippen molar-refractivity contribution in [2.24, 2.45) is 5.10 Å². The van der Waals surface area contributed by atoms with Crippen molar-refractivity contribution in [2.45, 2.75) is 25.3 Å². The zero-order chi connectivity index (χ0) is 28.5. The van der Waals surface area contributed by atoms with Crippen LogP contribution in [0, 0.1) is 13.8 Å². The van der Waals surface area contributed by atoms with E-state index < -0.39 is 22.5 Å². The Morgan fingerprint density at radius 1 is 0.900 bits per heavy atom. The lowest BCUT2D eigenvalue weighted by atomic mass is 10.1. The summed E-state index contributed by atoms with van der Waals surface area (Å²) in [6.07, 6.45) is 1.45. The molecule has 0 radical (unpaired) electrons. The number of hydrogen-bond acceptors (Lipinski definition) is 6. The maximum Gasteiger partial charge on any atom is 0.264 e. The number of nitrogens with one attached hydrogen (secondary N) is 1. The van der Waals surface area contributed by atoms with Gasteiger partial charge in [-0.2, -0.15) is 5.10 Å². The van der Waals surface area contributed by atoms with Crippen molar-refractivity contribution in [2.75, 3.05) is 18.0 Å². The monoisotopic (exact) mass is 557 g/mol. The highest BCUT2D eigenvalue weighted by atomic mass is 32.2. The van der Waals surface area contributed by atoms with Crippen molar-refractivity contribution >= 4 is 27.8 Å². The van der Waals surface area contributed by atoms with E-state index in [0.717, 1.165) is 21.0 Å². The highest BCUT2D eigenvalue weighted by Crippen LogP contribution is 2.29. The van der Waals surface area contributed by atoms with Gasteiger partial charge in [0.15, 0.2) is 11.5 Å². The smallest absolute Gasteiger partial charge is 0.264 e. The Kier molecular flexibility index (Phi) is 9.19. The summed E-state index contributed by atoms with van der Waals surface area (Å²) in [6.45, 7) is 3.68. The summed E-state index contributed by atoms with van der Waals surface area (Å²) in [5.41, 5.74) is 6.27. The molecule has 8 nitrogen and oxygen atoms in total. The molecule has 0 aliphatic heterocycles. The molecule has 4 aromatic carbocycles. The molecule has 4 rings (SSSR count). The van der Waals surface area contributed by atoms with Gasteiger partial charge in [0.05, 0.1) is 23.9 Å². The van der Waals surface area contributed by atoms with Gasteiger partial charge in [0.1, 0.15) is 13.2 Å². The summed E-state index contributed by atoms with van der Waals surface area (Å²) < 4.78 is 39.5. The summed E-state index contributed by atoms with van der Waals surface area (Å²) in [5.74, 6) is 0.495. The molecule has 206 valence electrons. The number of ether oxygens (including phenoxy) is 2. The average molecular weight is 558 g/mol. The van der Waals surface area contributed by atoms with Crippen LogP contribution in [0.2, 0.25) is 0 Å². The van der Waals surface area contributed by atoms with Gasteiger partial charge >= 0.3 is 0 Å². The molecule has 0 unspecified atom stereocenters. The second-order valence-corrected chi connectivity index (χ2v) is 11.0. The fourth-order valence-electron chi connectivity index (χ4n) is 4.07. The molecule has 0 saturated carbocycles. The van der Waals surface area contributed by atoms with Crippen LogP contribution in [-0.2, 0) is 21.4 Å². The van der Waals surface area contributed by atoms with E-state index >= 15 is 0 Å². The van der Waals surface area contributed by atoms with Crippen molar-refractivity contribution in [1.29, 1.82) is 0 Å². The van der Waals surface area contributed by atoms with Gasteiger partial charge in [-0.05, 0) is 66.9 Å². The number of aryl methyl sites for hydroxylation is 2. The molecule has 40 heavy (non-hydrogen) atoms. The van der Waals surface area contributed by atoms with Gasteiger partial charge in [-0.1, -0.05) is 66.2 Å². The molecule has 0 fully saturated rings. The summed E-state index contributed by atoms with van der Waals surface area (Å²) in [5, 5.41) is 4.04. The highest BCUT2D eigenvalue weighted by molar-refractivity contribution is 7.92. The van der Waals surface area contributed by atoms with Gasteiger partial charge < -0.3 is 9.47 Å². The average Bonchev–Trinajstić information content (AvgIpc) is 2.96. The Balaban J connectivity index is 1.47. The maximum absolute atomic E-state index is 13.5. The zero-order valence-corrected chi connectivity index (χ0v) is 23.4. The molecule has 0 heterocycles. The number of methoxy groups -OCH3 is 1. The minimum Gasteiger partial charge on any atom is -0.493 e. The van der Waals surface area contributed by atoms with Crippen LogP contribution in [0.5, 0.6) is 11.5 Å². The standard InChI is InChI=1S/C31H31N3O5S/c1-23-14-16-28(24(2)18-23)34(40(36,37)27-12-8-5-9-13-27)21-31(35)33-32-20-26-15-17-29(30(19-26)38-3)39-22-25-10-6-4-7-11-25/h4-20H,21-22H2,1-3H3,(H,33,35)/b32-20-. The topological polar surface area (TPSA) is 97.3 Å². The van der Waals surface area contributed by atoms with Crippen molar-refractivity contribution < 1.29 is 22.7 Å². The molecular formula is C31H31N3O5S. The van der Waals surface area contributed by atoms with Gasteiger partial charge in [0, 0.05) is 0 Å². The second kappa shape index (κ2) is 12.9. The summed E-state index contributed by atoms with van der Waals surface area (Å²) in [4.78, 5) is 13.0. The van der Waals surface area contributed by atoms with Gasteiger partial charge in [0.2, 0.25) is 0 Å². The minimum atomic E-state index is -4.01. The zero-order valence-electron chi connectivity index (χ0n) is 22.6. The Morgan fingerprint density at radius 3 is 2.27 bits per heavy atom. The number of hydrazone groups is 1. The first kappa shape index (κ1) is 28.4. The predicted molar refractivity (Wildman–Crippen MR) is 156 cm³/mol. The van der Waals surface area contributed by atoms with E-state index in [1.165, 1.54) is 18.3 Å². The minimum absolute atomic E-state index is 0.0907. The number of carbonyl (C=O) groups excluding carboxylic acids is 1. The van der Waals surface area contributed by atoms with Crippen LogP contribution in [-0.4, -0.2) is 34.2 Å². The third-order valence-corrected chi connectivity index (χ3v) is 7.84. The van der Waals surface area contributed by atoms with E-state index in [1.54, 1.807) is 49.6 Å². The second-order valence-electron chi connectivity index (χ2n) is 9.09. The third kappa shape index (κ3) is 7.06. The van der Waals surface area contributed by atoms with E-state index in [-0.39, 0.29) is 4.90 Å². The lowest BCUT2D eigenvalue weighted by Crippen LogP contribution is -2.40. The molecule has 0 aromatic heterocycles. The first-order valence-electron chi connectivity index (χ1n) is 12.6. The number of nitrogens with zero attached hydrogens (tertiary/aromatic N) is 2. The van der Waals surface area contributed by atoms with E-state index in [4.69, 9.17) is 9.47 Å². The van der Waals surface area contributed by atoms with Gasteiger partial charge in [-0.3, -0.25) is 9.10 Å². The van der Waals surface area contributed by atoms with E-state index in [2.05, 4.69) is 10.5 Å². The number of benzene rings is 4. The first-order chi connectivity index (χ1) is 19.3. The number of amides is 1. The van der Waals surface area contributed by atoms with E-state index in [0.29, 0.717) is 29.4 Å². The number of carbonyl (C=O) groups is 1. The van der Waals surface area contributed by atoms with Crippen molar-refractivity contribution in [3.05, 3.63) is 119 Å². The first-order valence-corrected chi connectivity index (χ1v) is 14.0. The molecule has 0 saturated heterocycles. The van der Waals surface area contributed by atoms with Crippen LogP contribution in [0.15, 0.2) is 107 Å².